The second-order valence-electron chi connectivity index (χ2n) is 2.48. The van der Waals surface area contributed by atoms with Crippen molar-refractivity contribution in [1.82, 2.24) is 5.32 Å². The molecule has 0 rings (SSSR count). The molecule has 0 radical (unpaired) electrons. The number of carbonyl (C=O) groups excluding carboxylic acids is 1. The minimum absolute atomic E-state index is 0.0492. The maximum Gasteiger partial charge on any atom is 0.257 e. The minimum Gasteiger partial charge on any atom is -0.349 e. The van der Waals surface area contributed by atoms with E-state index in [4.69, 9.17) is 0 Å². The van der Waals surface area contributed by atoms with Gasteiger partial charge in [0.05, 0.1) is 4.91 Å². The molecule has 0 aromatic carbocycles. The molecule has 0 aromatic heterocycles. The van der Waals surface area contributed by atoms with Crippen molar-refractivity contribution < 1.29 is 4.79 Å². The van der Waals surface area contributed by atoms with E-state index in [-0.39, 0.29) is 11.9 Å². The number of thioether (sulfide) groups is 1. The highest BCUT2D eigenvalue weighted by Crippen LogP contribution is 2.11. The van der Waals surface area contributed by atoms with Crippen LogP contribution in [-0.4, -0.2) is 17.7 Å². The molecule has 0 saturated heterocycles. The molecule has 0 aliphatic carbocycles. The van der Waals surface area contributed by atoms with E-state index in [0.717, 1.165) is 5.75 Å². The molecule has 11 heavy (non-hydrogen) atoms. The second-order valence-corrected chi connectivity index (χ2v) is 3.84. The number of carbonyl (C=O) groups is 1. The lowest BCUT2D eigenvalue weighted by Crippen LogP contribution is -2.30. The molecule has 0 heterocycles. The van der Waals surface area contributed by atoms with Crippen molar-refractivity contribution in [2.45, 2.75) is 26.8 Å². The Morgan fingerprint density at radius 1 is 1.64 bits per heavy atom. The Hall–Kier alpha value is -0.440. The van der Waals surface area contributed by atoms with Crippen LogP contribution >= 0.6 is 11.8 Å². The predicted molar refractivity (Wildman–Crippen MR) is 50.6 cm³/mol. The zero-order chi connectivity index (χ0) is 8.85. The minimum atomic E-state index is -0.0492. The first-order valence-corrected chi connectivity index (χ1v) is 4.69. The molecule has 64 valence electrons. The monoisotopic (exact) mass is 173 g/mol. The van der Waals surface area contributed by atoms with Crippen LogP contribution in [-0.2, 0) is 4.79 Å². The Bertz CT molecular complexity index is 154. The van der Waals surface area contributed by atoms with Gasteiger partial charge in [-0.3, -0.25) is 4.79 Å². The van der Waals surface area contributed by atoms with Gasteiger partial charge in [0.1, 0.15) is 0 Å². The van der Waals surface area contributed by atoms with Crippen molar-refractivity contribution in [3.05, 3.63) is 11.5 Å². The Balaban J connectivity index is 3.74. The van der Waals surface area contributed by atoms with Gasteiger partial charge in [0, 0.05) is 6.04 Å². The third-order valence-electron chi connectivity index (χ3n) is 0.992. The first kappa shape index (κ1) is 10.6. The Kier molecular flexibility index (Phi) is 5.03. The van der Waals surface area contributed by atoms with Gasteiger partial charge in [-0.15, -0.1) is 11.8 Å². The van der Waals surface area contributed by atoms with Gasteiger partial charge >= 0.3 is 0 Å². The van der Waals surface area contributed by atoms with Gasteiger partial charge in [-0.2, -0.15) is 0 Å². The van der Waals surface area contributed by atoms with Crippen LogP contribution in [0.25, 0.3) is 0 Å². The summed E-state index contributed by atoms with van der Waals surface area (Å²) in [7, 11) is 0. The summed E-state index contributed by atoms with van der Waals surface area (Å²) in [4.78, 5) is 11.7. The molecule has 0 saturated carbocycles. The molecule has 0 aliphatic rings. The van der Waals surface area contributed by atoms with Crippen LogP contribution in [0.3, 0.4) is 0 Å². The molecule has 1 N–H and O–H groups in total. The average molecular weight is 173 g/mol. The summed E-state index contributed by atoms with van der Waals surface area (Å²) in [5.74, 6) is 0.844. The van der Waals surface area contributed by atoms with E-state index in [1.807, 2.05) is 20.8 Å². The average Bonchev–Trinajstić information content (AvgIpc) is 1.86. The molecule has 0 aromatic rings. The van der Waals surface area contributed by atoms with Crippen molar-refractivity contribution in [2.75, 3.05) is 5.75 Å². The SMILES string of the molecule is C=C(SCC)C(=O)NC(C)C. The molecule has 1 amide bonds. The molecule has 0 atom stereocenters. The summed E-state index contributed by atoms with van der Waals surface area (Å²) in [5, 5.41) is 2.77. The van der Waals surface area contributed by atoms with Gasteiger partial charge < -0.3 is 5.32 Å². The zero-order valence-electron chi connectivity index (χ0n) is 7.31. The fraction of sp³-hybridized carbons (Fsp3) is 0.625. The highest BCUT2D eigenvalue weighted by Gasteiger charge is 2.06. The molecule has 0 bridgehead atoms. The van der Waals surface area contributed by atoms with E-state index in [1.165, 1.54) is 11.8 Å². The van der Waals surface area contributed by atoms with Gasteiger partial charge in [-0.25, -0.2) is 0 Å². The van der Waals surface area contributed by atoms with Gasteiger partial charge in [0.25, 0.3) is 5.91 Å². The Labute approximate surface area is 72.4 Å². The number of hydrogen-bond donors (Lipinski definition) is 1. The highest BCUT2D eigenvalue weighted by atomic mass is 32.2. The van der Waals surface area contributed by atoms with Gasteiger partial charge in [0.15, 0.2) is 0 Å². The van der Waals surface area contributed by atoms with E-state index >= 15 is 0 Å². The van der Waals surface area contributed by atoms with E-state index < -0.39 is 0 Å². The quantitative estimate of drug-likeness (QED) is 0.657. The molecule has 0 unspecified atom stereocenters. The summed E-state index contributed by atoms with van der Waals surface area (Å²) in [5.41, 5.74) is 0. The first-order valence-electron chi connectivity index (χ1n) is 3.70. The van der Waals surface area contributed by atoms with E-state index in [9.17, 15) is 4.79 Å². The first-order chi connectivity index (χ1) is 5.07. The van der Waals surface area contributed by atoms with E-state index in [1.54, 1.807) is 0 Å². The summed E-state index contributed by atoms with van der Waals surface area (Å²) in [6.45, 7) is 9.51. The van der Waals surface area contributed by atoms with Crippen LogP contribution in [0.2, 0.25) is 0 Å². The third kappa shape index (κ3) is 4.90. The van der Waals surface area contributed by atoms with Gasteiger partial charge in [0.2, 0.25) is 0 Å². The van der Waals surface area contributed by atoms with Crippen LogP contribution in [0.5, 0.6) is 0 Å². The summed E-state index contributed by atoms with van der Waals surface area (Å²) >= 11 is 1.47. The molecule has 0 spiro atoms. The largest absolute Gasteiger partial charge is 0.349 e. The molecule has 0 fully saturated rings. The van der Waals surface area contributed by atoms with Gasteiger partial charge in [-0.05, 0) is 19.6 Å². The molecule has 3 heteroatoms. The maximum atomic E-state index is 11.1. The molecular weight excluding hydrogens is 158 g/mol. The maximum absolute atomic E-state index is 11.1. The van der Waals surface area contributed by atoms with E-state index in [2.05, 4.69) is 11.9 Å². The second kappa shape index (κ2) is 5.24. The topological polar surface area (TPSA) is 29.1 Å². The Morgan fingerprint density at radius 3 is 2.55 bits per heavy atom. The number of rotatable bonds is 4. The van der Waals surface area contributed by atoms with E-state index in [0.29, 0.717) is 4.91 Å². The molecule has 0 aliphatic heterocycles. The number of amides is 1. The number of nitrogens with one attached hydrogen (secondary N) is 1. The lowest BCUT2D eigenvalue weighted by molar-refractivity contribution is -0.117. The smallest absolute Gasteiger partial charge is 0.257 e. The number of hydrogen-bond acceptors (Lipinski definition) is 2. The van der Waals surface area contributed by atoms with Crippen LogP contribution in [0.1, 0.15) is 20.8 Å². The summed E-state index contributed by atoms with van der Waals surface area (Å²) < 4.78 is 0. The van der Waals surface area contributed by atoms with Crippen LogP contribution in [0.4, 0.5) is 0 Å². The lowest BCUT2D eigenvalue weighted by Gasteiger charge is -2.08. The molecule has 2 nitrogen and oxygen atoms in total. The van der Waals surface area contributed by atoms with Crippen molar-refractivity contribution in [1.29, 1.82) is 0 Å². The summed E-state index contributed by atoms with van der Waals surface area (Å²) in [6.07, 6.45) is 0. The van der Waals surface area contributed by atoms with Gasteiger partial charge in [-0.1, -0.05) is 13.5 Å². The van der Waals surface area contributed by atoms with Crippen LogP contribution in [0, 0.1) is 0 Å². The third-order valence-corrected chi connectivity index (χ3v) is 1.81. The Morgan fingerprint density at radius 2 is 2.18 bits per heavy atom. The lowest BCUT2D eigenvalue weighted by atomic mass is 10.4. The normalized spacial score (nSPS) is 9.82. The van der Waals surface area contributed by atoms with Crippen molar-refractivity contribution in [3.8, 4) is 0 Å². The zero-order valence-corrected chi connectivity index (χ0v) is 8.12. The van der Waals surface area contributed by atoms with Crippen LogP contribution in [0.15, 0.2) is 11.5 Å². The van der Waals surface area contributed by atoms with Crippen molar-refractivity contribution in [2.24, 2.45) is 0 Å². The standard InChI is InChI=1S/C8H15NOS/c1-5-11-7(4)8(10)9-6(2)3/h6H,4-5H2,1-3H3,(H,9,10). The van der Waals surface area contributed by atoms with Crippen molar-refractivity contribution in [3.63, 3.8) is 0 Å². The summed E-state index contributed by atoms with van der Waals surface area (Å²) in [6, 6.07) is 0.191. The molecular formula is C8H15NOS. The van der Waals surface area contributed by atoms with Crippen molar-refractivity contribution >= 4 is 17.7 Å². The highest BCUT2D eigenvalue weighted by molar-refractivity contribution is 8.03. The van der Waals surface area contributed by atoms with Crippen LogP contribution < -0.4 is 5.32 Å². The fourth-order valence-electron chi connectivity index (χ4n) is 0.582. The predicted octanol–water partition coefficient (Wildman–Crippen LogP) is 1.78. The fourth-order valence-corrected chi connectivity index (χ4v) is 1.12.